The lowest BCUT2D eigenvalue weighted by Crippen LogP contribution is -2.09. The number of hydrogen-bond donors (Lipinski definition) is 1. The summed E-state index contributed by atoms with van der Waals surface area (Å²) in [6, 6.07) is 8.43. The number of alkyl halides is 3. The van der Waals surface area contributed by atoms with Crippen LogP contribution in [0.5, 0.6) is 11.5 Å². The van der Waals surface area contributed by atoms with Crippen molar-refractivity contribution in [1.82, 2.24) is 0 Å². The van der Waals surface area contributed by atoms with Crippen LogP contribution in [0.3, 0.4) is 0 Å². The molecule has 0 bridgehead atoms. The maximum Gasteiger partial charge on any atom is 0.416 e. The molecule has 0 saturated carbocycles. The highest BCUT2D eigenvalue weighted by Gasteiger charge is 2.29. The highest BCUT2D eigenvalue weighted by molar-refractivity contribution is 9.11. The lowest BCUT2D eigenvalue weighted by molar-refractivity contribution is -0.137. The van der Waals surface area contributed by atoms with E-state index in [4.69, 9.17) is 32.7 Å². The number of hydrogen-bond acceptors (Lipinski definition) is 3. The number of benzene rings is 2. The van der Waals surface area contributed by atoms with Crippen LogP contribution in [0, 0.1) is 0 Å². The molecule has 0 spiro atoms. The Bertz CT molecular complexity index is 819. The molecule has 10 heteroatoms. The predicted octanol–water partition coefficient (Wildman–Crippen LogP) is 7.81. The Morgan fingerprint density at radius 2 is 1.66 bits per heavy atom. The number of ether oxygens (including phenoxy) is 2. The van der Waals surface area contributed by atoms with Gasteiger partial charge in [0.15, 0.2) is 0 Å². The normalized spacial score (nSPS) is 11.1. The summed E-state index contributed by atoms with van der Waals surface area (Å²) in [5.74, 6) is 1.23. The van der Waals surface area contributed by atoms with Gasteiger partial charge in [0, 0.05) is 12.2 Å². The van der Waals surface area contributed by atoms with Crippen molar-refractivity contribution in [3.05, 3.63) is 61.5 Å². The molecule has 0 saturated heterocycles. The minimum absolute atomic E-state index is 0.132. The summed E-state index contributed by atoms with van der Waals surface area (Å²) in [7, 11) is 0. The second kappa shape index (κ2) is 11.3. The van der Waals surface area contributed by atoms with Crippen molar-refractivity contribution in [2.45, 2.75) is 12.6 Å². The topological polar surface area (TPSA) is 30.5 Å². The minimum atomic E-state index is -4.33. The first kappa shape index (κ1) is 24.2. The Morgan fingerprint density at radius 1 is 1.03 bits per heavy atom. The molecular weight excluding hydrogens is 562 g/mol. The van der Waals surface area contributed by atoms with E-state index in [1.165, 1.54) is 18.2 Å². The van der Waals surface area contributed by atoms with Crippen LogP contribution >= 0.6 is 55.1 Å². The van der Waals surface area contributed by atoms with Gasteiger partial charge in [-0.25, -0.2) is 0 Å². The van der Waals surface area contributed by atoms with Gasteiger partial charge in [0.2, 0.25) is 0 Å². The van der Waals surface area contributed by atoms with E-state index < -0.39 is 11.7 Å². The first-order valence-corrected chi connectivity index (χ1v) is 10.7. The summed E-state index contributed by atoms with van der Waals surface area (Å²) in [6.45, 7) is 1.19. The Balaban J connectivity index is 1.79. The molecule has 2 aromatic carbocycles. The van der Waals surface area contributed by atoms with Crippen LogP contribution in [0.1, 0.15) is 12.0 Å². The standard InChI is InChI=1S/C19H16Br2Cl2F3NO2/c20-15-10-14(28-9-6-17(22)23)11-16(21)18(15)29-8-1-7-27-13-4-2-12(3-5-13)19(24,25)26/h2-6,10-11,27H,1,7-9H2. The number of halogens is 7. The molecule has 0 aliphatic rings. The molecule has 0 aliphatic heterocycles. The van der Waals surface area contributed by atoms with Crippen molar-refractivity contribution >= 4 is 60.7 Å². The monoisotopic (exact) mass is 575 g/mol. The zero-order valence-corrected chi connectivity index (χ0v) is 19.5. The van der Waals surface area contributed by atoms with Crippen LogP contribution in [-0.4, -0.2) is 19.8 Å². The van der Waals surface area contributed by atoms with Gasteiger partial charge in [-0.15, -0.1) is 0 Å². The molecule has 0 fully saturated rings. The molecule has 1 N–H and O–H groups in total. The first-order valence-electron chi connectivity index (χ1n) is 8.34. The van der Waals surface area contributed by atoms with Crippen LogP contribution in [-0.2, 0) is 6.18 Å². The maximum absolute atomic E-state index is 12.6. The molecule has 0 amide bonds. The van der Waals surface area contributed by atoms with Crippen molar-refractivity contribution < 1.29 is 22.6 Å². The number of rotatable bonds is 9. The van der Waals surface area contributed by atoms with Crippen molar-refractivity contribution in [2.75, 3.05) is 25.1 Å². The molecule has 2 rings (SSSR count). The molecule has 3 nitrogen and oxygen atoms in total. The van der Waals surface area contributed by atoms with Crippen LogP contribution < -0.4 is 14.8 Å². The highest BCUT2D eigenvalue weighted by atomic mass is 79.9. The van der Waals surface area contributed by atoms with E-state index in [1.54, 1.807) is 12.1 Å². The summed E-state index contributed by atoms with van der Waals surface area (Å²) in [6.07, 6.45) is -2.16. The second-order valence-corrected chi connectivity index (χ2v) is 8.44. The third-order valence-electron chi connectivity index (χ3n) is 3.57. The molecule has 29 heavy (non-hydrogen) atoms. The quantitative estimate of drug-likeness (QED) is 0.308. The van der Waals surface area contributed by atoms with E-state index in [-0.39, 0.29) is 11.1 Å². The van der Waals surface area contributed by atoms with E-state index in [2.05, 4.69) is 37.2 Å². The molecule has 2 aromatic rings. The van der Waals surface area contributed by atoms with Crippen molar-refractivity contribution in [3.8, 4) is 11.5 Å². The second-order valence-electron chi connectivity index (χ2n) is 5.72. The van der Waals surface area contributed by atoms with Crippen LogP contribution in [0.2, 0.25) is 0 Å². The molecule has 0 atom stereocenters. The summed E-state index contributed by atoms with van der Waals surface area (Å²) >= 11 is 17.9. The highest BCUT2D eigenvalue weighted by Crippen LogP contribution is 2.37. The summed E-state index contributed by atoms with van der Waals surface area (Å²) in [4.78, 5) is 0. The zero-order valence-electron chi connectivity index (χ0n) is 14.8. The van der Waals surface area contributed by atoms with Gasteiger partial charge in [-0.3, -0.25) is 0 Å². The van der Waals surface area contributed by atoms with E-state index in [9.17, 15) is 13.2 Å². The summed E-state index contributed by atoms with van der Waals surface area (Å²) in [5, 5.41) is 3.06. The lowest BCUT2D eigenvalue weighted by Gasteiger charge is -2.13. The molecule has 0 aliphatic carbocycles. The van der Waals surface area contributed by atoms with Gasteiger partial charge in [0.05, 0.1) is 21.1 Å². The Labute approximate surface area is 193 Å². The molecule has 158 valence electrons. The van der Waals surface area contributed by atoms with Crippen molar-refractivity contribution in [1.29, 1.82) is 0 Å². The van der Waals surface area contributed by atoms with Gasteiger partial charge in [-0.2, -0.15) is 13.2 Å². The SMILES string of the molecule is FC(F)(F)c1ccc(NCCCOc2c(Br)cc(OCC=C(Cl)Cl)cc2Br)cc1. The average molecular weight is 578 g/mol. The van der Waals surface area contributed by atoms with Gasteiger partial charge >= 0.3 is 6.18 Å². The maximum atomic E-state index is 12.6. The van der Waals surface area contributed by atoms with Crippen LogP contribution in [0.15, 0.2) is 55.9 Å². The van der Waals surface area contributed by atoms with Gasteiger partial charge in [0.1, 0.15) is 22.6 Å². The molecule has 0 aromatic heterocycles. The Hall–Kier alpha value is -1.09. The van der Waals surface area contributed by atoms with E-state index >= 15 is 0 Å². The largest absolute Gasteiger partial charge is 0.491 e. The zero-order chi connectivity index (χ0) is 21.4. The molecule has 0 radical (unpaired) electrons. The van der Waals surface area contributed by atoms with E-state index in [0.29, 0.717) is 45.7 Å². The number of nitrogens with one attached hydrogen (secondary N) is 1. The first-order chi connectivity index (χ1) is 13.7. The van der Waals surface area contributed by atoms with Crippen LogP contribution in [0.25, 0.3) is 0 Å². The van der Waals surface area contributed by atoms with E-state index in [0.717, 1.165) is 12.1 Å². The Kier molecular flexibility index (Phi) is 9.46. The van der Waals surface area contributed by atoms with Crippen LogP contribution in [0.4, 0.5) is 18.9 Å². The van der Waals surface area contributed by atoms with E-state index in [1.807, 2.05) is 0 Å². The fourth-order valence-corrected chi connectivity index (χ4v) is 3.71. The third-order valence-corrected chi connectivity index (χ3v) is 5.05. The third kappa shape index (κ3) is 8.28. The number of anilines is 1. The fraction of sp³-hybridized carbons (Fsp3) is 0.263. The fourth-order valence-electron chi connectivity index (χ4n) is 2.21. The molecular formula is C19H16Br2Cl2F3NO2. The lowest BCUT2D eigenvalue weighted by atomic mass is 10.2. The molecule has 0 unspecified atom stereocenters. The van der Waals surface area contributed by atoms with Gasteiger partial charge in [-0.05, 0) is 80.8 Å². The van der Waals surface area contributed by atoms with Gasteiger partial charge in [0.25, 0.3) is 0 Å². The van der Waals surface area contributed by atoms with Crippen molar-refractivity contribution in [3.63, 3.8) is 0 Å². The average Bonchev–Trinajstić information content (AvgIpc) is 2.62. The predicted molar refractivity (Wildman–Crippen MR) is 117 cm³/mol. The minimum Gasteiger partial charge on any atom is -0.491 e. The Morgan fingerprint density at radius 3 is 2.21 bits per heavy atom. The summed E-state index contributed by atoms with van der Waals surface area (Å²) in [5.41, 5.74) is -0.0525. The summed E-state index contributed by atoms with van der Waals surface area (Å²) < 4.78 is 50.5. The van der Waals surface area contributed by atoms with Gasteiger partial charge in [-0.1, -0.05) is 23.2 Å². The molecule has 0 heterocycles. The van der Waals surface area contributed by atoms with Crippen molar-refractivity contribution in [2.24, 2.45) is 0 Å². The van der Waals surface area contributed by atoms with Gasteiger partial charge < -0.3 is 14.8 Å². The smallest absolute Gasteiger partial charge is 0.416 e.